The third kappa shape index (κ3) is 6.14. The van der Waals surface area contributed by atoms with Crippen LogP contribution in [0.3, 0.4) is 0 Å². The molecule has 2 nitrogen and oxygen atoms in total. The summed E-state index contributed by atoms with van der Waals surface area (Å²) in [6, 6.07) is 17.1. The minimum absolute atomic E-state index is 1.09. The van der Waals surface area contributed by atoms with E-state index >= 15 is 0 Å². The summed E-state index contributed by atoms with van der Waals surface area (Å²) in [4.78, 5) is 2.00. The Morgan fingerprint density at radius 1 is 0.773 bits per heavy atom. The molecule has 1 aromatic heterocycles. The molecule has 0 aliphatic heterocycles. The van der Waals surface area contributed by atoms with Crippen LogP contribution < -0.4 is 5.32 Å². The lowest BCUT2D eigenvalue weighted by atomic mass is 10.2. The largest absolute Gasteiger partial charge is 0.317 e. The van der Waals surface area contributed by atoms with E-state index in [1.807, 2.05) is 37.4 Å². The average Bonchev–Trinajstić information content (AvgIpc) is 2.87. The van der Waals surface area contributed by atoms with Crippen molar-refractivity contribution in [1.29, 1.82) is 0 Å². The van der Waals surface area contributed by atoms with Gasteiger partial charge in [-0.1, -0.05) is 50.2 Å². The summed E-state index contributed by atoms with van der Waals surface area (Å²) in [5.74, 6) is 0. The molecule has 0 radical (unpaired) electrons. The van der Waals surface area contributed by atoms with Gasteiger partial charge in [0.05, 0.1) is 0 Å². The molecule has 0 saturated heterocycles. The molecule has 120 valence electrons. The van der Waals surface area contributed by atoms with E-state index in [-0.39, 0.29) is 0 Å². The molecule has 1 N–H and O–H groups in total. The highest BCUT2D eigenvalue weighted by Gasteiger charge is 2.01. The SMILES string of the molecule is CCNCC.CN(C)C.c1ccc2c(c1)sc1ccccc12. The fraction of sp³-hybridized carbons (Fsp3) is 0.368. The average molecular weight is 317 g/mol. The first kappa shape index (κ1) is 18.6. The van der Waals surface area contributed by atoms with Crippen molar-refractivity contribution in [1.82, 2.24) is 10.2 Å². The minimum atomic E-state index is 1.09. The molecular weight excluding hydrogens is 288 g/mol. The molecule has 1 heterocycles. The number of nitrogens with zero attached hydrogens (tertiary/aromatic N) is 1. The Labute approximate surface area is 138 Å². The molecule has 2 aromatic carbocycles. The number of thiophene rings is 1. The van der Waals surface area contributed by atoms with Crippen LogP contribution in [0.25, 0.3) is 20.2 Å². The first-order chi connectivity index (χ1) is 10.6. The maximum atomic E-state index is 3.11. The second-order valence-corrected chi connectivity index (χ2v) is 6.48. The molecule has 3 aromatic rings. The standard InChI is InChI=1S/C12H8S.C4H11N.C3H9N/c1-3-7-11-9(5-1)10-6-2-4-8-12(10)13-11;1-3-5-4-2;1-4(2)3/h1-8H;5H,3-4H2,1-2H3;1-3H3. The zero-order valence-corrected chi connectivity index (χ0v) is 15.2. The fourth-order valence-corrected chi connectivity index (χ4v) is 3.03. The minimum Gasteiger partial charge on any atom is -0.317 e. The van der Waals surface area contributed by atoms with Crippen molar-refractivity contribution in [3.8, 4) is 0 Å². The third-order valence-corrected chi connectivity index (χ3v) is 3.94. The molecule has 0 saturated carbocycles. The number of fused-ring (bicyclic) bond motifs is 3. The normalized spacial score (nSPS) is 10.1. The highest BCUT2D eigenvalue weighted by molar-refractivity contribution is 7.25. The van der Waals surface area contributed by atoms with Crippen LogP contribution >= 0.6 is 11.3 Å². The topological polar surface area (TPSA) is 15.3 Å². The zero-order valence-electron chi connectivity index (χ0n) is 14.4. The van der Waals surface area contributed by atoms with Crippen molar-refractivity contribution < 1.29 is 0 Å². The van der Waals surface area contributed by atoms with Crippen molar-refractivity contribution in [2.45, 2.75) is 13.8 Å². The third-order valence-electron chi connectivity index (χ3n) is 2.78. The summed E-state index contributed by atoms with van der Waals surface area (Å²) in [7, 11) is 6.00. The molecule has 3 heteroatoms. The van der Waals surface area contributed by atoms with Gasteiger partial charge in [-0.25, -0.2) is 0 Å². The van der Waals surface area contributed by atoms with Gasteiger partial charge in [-0.05, 0) is 46.4 Å². The number of benzene rings is 2. The van der Waals surface area contributed by atoms with E-state index in [1.165, 1.54) is 20.2 Å². The Hall–Kier alpha value is -1.42. The van der Waals surface area contributed by atoms with Gasteiger partial charge in [-0.15, -0.1) is 11.3 Å². The van der Waals surface area contributed by atoms with Gasteiger partial charge >= 0.3 is 0 Å². The van der Waals surface area contributed by atoms with Gasteiger partial charge in [0.25, 0.3) is 0 Å². The number of nitrogens with one attached hydrogen (secondary N) is 1. The maximum Gasteiger partial charge on any atom is 0.0355 e. The molecule has 0 aliphatic carbocycles. The second-order valence-electron chi connectivity index (χ2n) is 5.39. The van der Waals surface area contributed by atoms with Crippen LogP contribution in [0.4, 0.5) is 0 Å². The van der Waals surface area contributed by atoms with E-state index in [0.29, 0.717) is 0 Å². The molecule has 0 bridgehead atoms. The predicted molar refractivity (Wildman–Crippen MR) is 103 cm³/mol. The zero-order chi connectivity index (χ0) is 16.4. The fourth-order valence-electron chi connectivity index (χ4n) is 1.92. The smallest absolute Gasteiger partial charge is 0.0355 e. The molecule has 0 amide bonds. The van der Waals surface area contributed by atoms with E-state index in [0.717, 1.165) is 13.1 Å². The van der Waals surface area contributed by atoms with Gasteiger partial charge < -0.3 is 10.2 Å². The Bertz CT molecular complexity index is 603. The van der Waals surface area contributed by atoms with E-state index in [2.05, 4.69) is 67.7 Å². The van der Waals surface area contributed by atoms with Gasteiger partial charge in [0.2, 0.25) is 0 Å². The monoisotopic (exact) mass is 316 g/mol. The van der Waals surface area contributed by atoms with Gasteiger partial charge in [-0.3, -0.25) is 0 Å². The van der Waals surface area contributed by atoms with Gasteiger partial charge in [0.15, 0.2) is 0 Å². The number of hydrogen-bond acceptors (Lipinski definition) is 3. The summed E-state index contributed by atoms with van der Waals surface area (Å²) in [6.45, 7) is 6.39. The van der Waals surface area contributed by atoms with Gasteiger partial charge in [-0.2, -0.15) is 0 Å². The molecule has 0 fully saturated rings. The van der Waals surface area contributed by atoms with E-state index in [4.69, 9.17) is 0 Å². The lowest BCUT2D eigenvalue weighted by Gasteiger charge is -1.90. The van der Waals surface area contributed by atoms with Gasteiger partial charge in [0, 0.05) is 20.2 Å². The van der Waals surface area contributed by atoms with Gasteiger partial charge in [0.1, 0.15) is 0 Å². The molecule has 3 rings (SSSR count). The number of hydrogen-bond donors (Lipinski definition) is 1. The molecule has 0 spiro atoms. The van der Waals surface area contributed by atoms with E-state index in [9.17, 15) is 0 Å². The quantitative estimate of drug-likeness (QED) is 0.727. The van der Waals surface area contributed by atoms with Crippen molar-refractivity contribution in [3.63, 3.8) is 0 Å². The molecule has 0 atom stereocenters. The highest BCUT2D eigenvalue weighted by Crippen LogP contribution is 2.32. The summed E-state index contributed by atoms with van der Waals surface area (Å²) < 4.78 is 2.76. The molecule has 0 unspecified atom stereocenters. The van der Waals surface area contributed by atoms with E-state index in [1.54, 1.807) is 0 Å². The van der Waals surface area contributed by atoms with Crippen molar-refractivity contribution in [2.24, 2.45) is 0 Å². The van der Waals surface area contributed by atoms with Crippen LogP contribution in [0, 0.1) is 0 Å². The second kappa shape index (κ2) is 10.3. The molecule has 22 heavy (non-hydrogen) atoms. The van der Waals surface area contributed by atoms with Crippen LogP contribution in [-0.4, -0.2) is 39.1 Å². The molecular formula is C19H28N2S. The lowest BCUT2D eigenvalue weighted by molar-refractivity contribution is 0.505. The first-order valence-corrected chi connectivity index (χ1v) is 8.59. The van der Waals surface area contributed by atoms with Crippen LogP contribution in [0.2, 0.25) is 0 Å². The predicted octanol–water partition coefficient (Wildman–Crippen LogP) is 4.85. The number of rotatable bonds is 2. The highest BCUT2D eigenvalue weighted by atomic mass is 32.1. The van der Waals surface area contributed by atoms with E-state index < -0.39 is 0 Å². The Kier molecular flexibility index (Phi) is 8.75. The van der Waals surface area contributed by atoms with Crippen LogP contribution in [-0.2, 0) is 0 Å². The van der Waals surface area contributed by atoms with Crippen molar-refractivity contribution in [3.05, 3.63) is 48.5 Å². The van der Waals surface area contributed by atoms with Crippen molar-refractivity contribution in [2.75, 3.05) is 34.2 Å². The Morgan fingerprint density at radius 3 is 1.45 bits per heavy atom. The lowest BCUT2D eigenvalue weighted by Crippen LogP contribution is -2.09. The van der Waals surface area contributed by atoms with Crippen LogP contribution in [0.15, 0.2) is 48.5 Å². The summed E-state index contributed by atoms with van der Waals surface area (Å²) >= 11 is 1.86. The van der Waals surface area contributed by atoms with Crippen LogP contribution in [0.5, 0.6) is 0 Å². The summed E-state index contributed by atoms with van der Waals surface area (Å²) in [6.07, 6.45) is 0. The maximum absolute atomic E-state index is 3.11. The summed E-state index contributed by atoms with van der Waals surface area (Å²) in [5, 5.41) is 5.87. The van der Waals surface area contributed by atoms with Crippen molar-refractivity contribution >= 4 is 31.5 Å². The Balaban J connectivity index is 0.000000228. The Morgan fingerprint density at radius 2 is 1.14 bits per heavy atom. The van der Waals surface area contributed by atoms with Crippen LogP contribution in [0.1, 0.15) is 13.8 Å². The molecule has 0 aliphatic rings. The first-order valence-electron chi connectivity index (χ1n) is 7.78. The summed E-state index contributed by atoms with van der Waals surface area (Å²) in [5.41, 5.74) is 0.